The van der Waals surface area contributed by atoms with Crippen LogP contribution in [0.25, 0.3) is 10.7 Å². The van der Waals surface area contributed by atoms with Gasteiger partial charge in [0.1, 0.15) is 18.1 Å². The minimum atomic E-state index is -4.07. The van der Waals surface area contributed by atoms with Crippen molar-refractivity contribution in [1.82, 2.24) is 9.97 Å². The van der Waals surface area contributed by atoms with Crippen molar-refractivity contribution in [2.24, 2.45) is 0 Å². The Hall–Kier alpha value is -3.67. The molecule has 0 aliphatic heterocycles. The minimum absolute atomic E-state index is 0.0268. The van der Waals surface area contributed by atoms with Crippen molar-refractivity contribution >= 4 is 27.2 Å². The van der Waals surface area contributed by atoms with Crippen molar-refractivity contribution < 1.29 is 27.7 Å². The number of aliphatic hydroxyl groups excluding tert-OH is 1. The van der Waals surface area contributed by atoms with E-state index in [1.54, 1.807) is 48.5 Å². The molecule has 200 valence electrons. The summed E-state index contributed by atoms with van der Waals surface area (Å²) in [6.45, 7) is 5.79. The van der Waals surface area contributed by atoms with Gasteiger partial charge in [-0.25, -0.2) is 13.4 Å². The normalized spacial score (nSPS) is 11.7. The third-order valence-corrected chi connectivity index (χ3v) is 7.65. The maximum absolute atomic E-state index is 13.5. The number of aliphatic hydroxyl groups is 1. The van der Waals surface area contributed by atoms with Crippen molar-refractivity contribution in [1.29, 1.82) is 0 Å². The first-order valence-corrected chi connectivity index (χ1v) is 14.1. The maximum Gasteiger partial charge on any atom is 0.263 e. The second-order valence-electron chi connectivity index (χ2n) is 9.24. The molecule has 0 aliphatic carbocycles. The van der Waals surface area contributed by atoms with Gasteiger partial charge in [0.15, 0.2) is 11.6 Å². The average Bonchev–Trinajstić information content (AvgIpc) is 3.43. The van der Waals surface area contributed by atoms with Crippen molar-refractivity contribution in [3.8, 4) is 33.8 Å². The number of nitrogens with one attached hydrogen (secondary N) is 1. The SMILES string of the molecule is COc1cccc(Oc2c(NS(=O)(=O)c3ccc(C(C)(C)C)cc3)nc(-c3cccs3)nc2OCCO)c1. The Morgan fingerprint density at radius 2 is 1.74 bits per heavy atom. The van der Waals surface area contributed by atoms with Crippen LogP contribution in [0.2, 0.25) is 0 Å². The molecular formula is C27H29N3O6S2. The Bertz CT molecular complexity index is 1480. The van der Waals surface area contributed by atoms with Crippen LogP contribution in [0.4, 0.5) is 5.82 Å². The number of rotatable bonds is 10. The van der Waals surface area contributed by atoms with Gasteiger partial charge in [-0.2, -0.15) is 4.98 Å². The highest BCUT2D eigenvalue weighted by atomic mass is 32.2. The van der Waals surface area contributed by atoms with Gasteiger partial charge >= 0.3 is 0 Å². The molecule has 4 rings (SSSR count). The molecule has 0 amide bonds. The zero-order valence-corrected chi connectivity index (χ0v) is 23.1. The third-order valence-electron chi connectivity index (χ3n) is 5.43. The number of anilines is 1. The van der Waals surface area contributed by atoms with Crippen LogP contribution in [0.1, 0.15) is 26.3 Å². The Morgan fingerprint density at radius 1 is 1.00 bits per heavy atom. The van der Waals surface area contributed by atoms with E-state index in [0.29, 0.717) is 16.4 Å². The minimum Gasteiger partial charge on any atom is -0.497 e. The first kappa shape index (κ1) is 27.4. The molecule has 0 unspecified atom stereocenters. The molecule has 0 fully saturated rings. The van der Waals surface area contributed by atoms with Gasteiger partial charge in [-0.15, -0.1) is 11.3 Å². The van der Waals surface area contributed by atoms with Crippen molar-refractivity contribution in [2.75, 3.05) is 25.0 Å². The molecule has 4 aromatic rings. The lowest BCUT2D eigenvalue weighted by molar-refractivity contribution is 0.193. The maximum atomic E-state index is 13.5. The summed E-state index contributed by atoms with van der Waals surface area (Å²) in [5.41, 5.74) is 0.870. The number of hydrogen-bond acceptors (Lipinski definition) is 9. The number of aromatic nitrogens is 2. The lowest BCUT2D eigenvalue weighted by Gasteiger charge is -2.19. The molecule has 0 aliphatic rings. The molecule has 0 radical (unpaired) electrons. The van der Waals surface area contributed by atoms with Gasteiger partial charge in [0.05, 0.1) is 23.5 Å². The molecule has 38 heavy (non-hydrogen) atoms. The molecule has 0 saturated carbocycles. The van der Waals surface area contributed by atoms with Crippen LogP contribution in [0.5, 0.6) is 23.1 Å². The Labute approximate surface area is 226 Å². The molecule has 0 bridgehead atoms. The first-order valence-electron chi connectivity index (χ1n) is 11.8. The predicted octanol–water partition coefficient (Wildman–Crippen LogP) is 5.48. The summed E-state index contributed by atoms with van der Waals surface area (Å²) in [7, 11) is -2.55. The molecule has 2 N–H and O–H groups in total. The molecule has 11 heteroatoms. The fraction of sp³-hybridized carbons (Fsp3) is 0.259. The van der Waals surface area contributed by atoms with Gasteiger partial charge in [-0.05, 0) is 46.7 Å². The molecule has 0 atom stereocenters. The Balaban J connectivity index is 1.82. The quantitative estimate of drug-likeness (QED) is 0.264. The summed E-state index contributed by atoms with van der Waals surface area (Å²) in [5, 5.41) is 11.2. The molecule has 2 heterocycles. The van der Waals surface area contributed by atoms with Crippen LogP contribution in [0, 0.1) is 0 Å². The highest BCUT2D eigenvalue weighted by Crippen LogP contribution is 2.40. The molecular weight excluding hydrogens is 526 g/mol. The second kappa shape index (κ2) is 11.4. The van der Waals surface area contributed by atoms with Crippen molar-refractivity contribution in [3.05, 3.63) is 71.6 Å². The van der Waals surface area contributed by atoms with Gasteiger partial charge < -0.3 is 19.3 Å². The zero-order valence-electron chi connectivity index (χ0n) is 21.5. The lowest BCUT2D eigenvalue weighted by Crippen LogP contribution is -2.17. The summed E-state index contributed by atoms with van der Waals surface area (Å²) in [4.78, 5) is 9.73. The predicted molar refractivity (Wildman–Crippen MR) is 147 cm³/mol. The van der Waals surface area contributed by atoms with Crippen LogP contribution in [-0.2, 0) is 15.4 Å². The smallest absolute Gasteiger partial charge is 0.263 e. The van der Waals surface area contributed by atoms with Gasteiger partial charge in [0.25, 0.3) is 15.9 Å². The Morgan fingerprint density at radius 3 is 2.37 bits per heavy atom. The summed E-state index contributed by atoms with van der Waals surface area (Å²) in [6.07, 6.45) is 0. The van der Waals surface area contributed by atoms with E-state index < -0.39 is 10.0 Å². The summed E-state index contributed by atoms with van der Waals surface area (Å²) in [6, 6.07) is 17.1. The monoisotopic (exact) mass is 555 g/mol. The van der Waals surface area contributed by atoms with Crippen LogP contribution >= 0.6 is 11.3 Å². The highest BCUT2D eigenvalue weighted by molar-refractivity contribution is 7.92. The summed E-state index contributed by atoms with van der Waals surface area (Å²) >= 11 is 1.39. The van der Waals surface area contributed by atoms with Gasteiger partial charge in [-0.1, -0.05) is 45.0 Å². The highest BCUT2D eigenvalue weighted by Gasteiger charge is 2.25. The fourth-order valence-corrected chi connectivity index (χ4v) is 5.11. The number of ether oxygens (including phenoxy) is 3. The molecule has 2 aromatic heterocycles. The van der Waals surface area contributed by atoms with E-state index in [1.807, 2.05) is 17.5 Å². The van der Waals surface area contributed by atoms with Crippen LogP contribution < -0.4 is 18.9 Å². The largest absolute Gasteiger partial charge is 0.497 e. The van der Waals surface area contributed by atoms with Crippen LogP contribution in [0.3, 0.4) is 0 Å². The summed E-state index contributed by atoms with van der Waals surface area (Å²) < 4.78 is 46.5. The fourth-order valence-electron chi connectivity index (χ4n) is 3.45. The third kappa shape index (κ3) is 6.42. The van der Waals surface area contributed by atoms with E-state index in [9.17, 15) is 13.5 Å². The second-order valence-corrected chi connectivity index (χ2v) is 11.9. The van der Waals surface area contributed by atoms with Gasteiger partial charge in [0, 0.05) is 6.07 Å². The molecule has 0 saturated heterocycles. The van der Waals surface area contributed by atoms with Crippen molar-refractivity contribution in [2.45, 2.75) is 31.1 Å². The first-order chi connectivity index (χ1) is 18.1. The van der Waals surface area contributed by atoms with Gasteiger partial charge in [-0.3, -0.25) is 4.72 Å². The van der Waals surface area contributed by atoms with Crippen LogP contribution in [0.15, 0.2) is 70.9 Å². The van der Waals surface area contributed by atoms with E-state index in [2.05, 4.69) is 35.5 Å². The summed E-state index contributed by atoms with van der Waals surface area (Å²) in [5.74, 6) is 0.937. The number of methoxy groups -OCH3 is 1. The standard InChI is InChI=1S/C27H29N3O6S2/c1-27(2,3)18-10-12-21(13-11-18)38(32,33)30-25-23(36-20-8-5-7-19(17-20)34-4)26(35-15-14-31)29-24(28-25)22-9-6-16-37-22/h5-13,16-17,31H,14-15H2,1-4H3,(H,28,29,30). The van der Waals surface area contributed by atoms with E-state index in [4.69, 9.17) is 14.2 Å². The average molecular weight is 556 g/mol. The number of benzene rings is 2. The number of hydrogen-bond donors (Lipinski definition) is 2. The number of nitrogens with zero attached hydrogens (tertiary/aromatic N) is 2. The topological polar surface area (TPSA) is 120 Å². The molecule has 0 spiro atoms. The lowest BCUT2D eigenvalue weighted by atomic mass is 9.87. The number of thiophene rings is 1. The molecule has 9 nitrogen and oxygen atoms in total. The number of sulfonamides is 1. The van der Waals surface area contributed by atoms with Gasteiger partial charge in [0.2, 0.25) is 5.75 Å². The molecule has 2 aromatic carbocycles. The van der Waals surface area contributed by atoms with E-state index in [0.717, 1.165) is 5.56 Å². The van der Waals surface area contributed by atoms with Crippen LogP contribution in [-0.4, -0.2) is 43.8 Å². The van der Waals surface area contributed by atoms with E-state index in [-0.39, 0.29) is 46.8 Å². The zero-order chi connectivity index (χ0) is 27.3. The van der Waals surface area contributed by atoms with E-state index in [1.165, 1.54) is 18.4 Å². The van der Waals surface area contributed by atoms with Crippen molar-refractivity contribution in [3.63, 3.8) is 0 Å². The Kier molecular flexibility index (Phi) is 8.20. The van der Waals surface area contributed by atoms with E-state index >= 15 is 0 Å².